The number of para-hydroxylation sites is 3. The van der Waals surface area contributed by atoms with Gasteiger partial charge in [0.1, 0.15) is 12.7 Å². The summed E-state index contributed by atoms with van der Waals surface area (Å²) in [6.07, 6.45) is -0.377. The Morgan fingerprint density at radius 3 is 2.50 bits per heavy atom. The first-order valence-electron chi connectivity index (χ1n) is 9.51. The molecular formula is C21H23N3O6. The van der Waals surface area contributed by atoms with Crippen molar-refractivity contribution in [3.8, 4) is 11.5 Å². The van der Waals surface area contributed by atoms with E-state index in [9.17, 15) is 14.4 Å². The molecule has 30 heavy (non-hydrogen) atoms. The van der Waals surface area contributed by atoms with Gasteiger partial charge in [-0.2, -0.15) is 0 Å². The fraction of sp³-hybridized carbons (Fsp3) is 0.286. The summed E-state index contributed by atoms with van der Waals surface area (Å²) in [5, 5.41) is 7.82. The van der Waals surface area contributed by atoms with E-state index in [4.69, 9.17) is 14.2 Å². The summed E-state index contributed by atoms with van der Waals surface area (Å²) in [4.78, 5) is 35.3. The molecule has 1 atom stereocenters. The number of urea groups is 1. The quantitative estimate of drug-likeness (QED) is 0.568. The third kappa shape index (κ3) is 6.69. The second-order valence-electron chi connectivity index (χ2n) is 6.46. The molecule has 158 valence electrons. The third-order valence-electron chi connectivity index (χ3n) is 4.11. The summed E-state index contributed by atoms with van der Waals surface area (Å²) in [5.74, 6) is 0.259. The number of anilines is 1. The highest BCUT2D eigenvalue weighted by Crippen LogP contribution is 2.30. The third-order valence-corrected chi connectivity index (χ3v) is 4.11. The monoisotopic (exact) mass is 413 g/mol. The number of esters is 1. The Bertz CT molecular complexity index is 874. The Balaban J connectivity index is 1.26. The molecule has 3 rings (SSSR count). The normalized spacial score (nSPS) is 14.3. The molecule has 2 aromatic rings. The van der Waals surface area contributed by atoms with Gasteiger partial charge in [0.05, 0.1) is 13.0 Å². The van der Waals surface area contributed by atoms with Gasteiger partial charge in [0.2, 0.25) is 0 Å². The van der Waals surface area contributed by atoms with Crippen molar-refractivity contribution in [2.75, 3.05) is 31.6 Å². The first-order chi connectivity index (χ1) is 14.6. The highest BCUT2D eigenvalue weighted by Gasteiger charge is 2.21. The maximum atomic E-state index is 11.9. The molecule has 1 aliphatic rings. The van der Waals surface area contributed by atoms with Crippen LogP contribution in [-0.2, 0) is 14.3 Å². The molecule has 9 heteroatoms. The Morgan fingerprint density at radius 1 is 0.967 bits per heavy atom. The molecule has 0 saturated heterocycles. The molecule has 0 saturated carbocycles. The van der Waals surface area contributed by atoms with E-state index in [1.807, 2.05) is 24.3 Å². The molecule has 3 amide bonds. The van der Waals surface area contributed by atoms with Gasteiger partial charge in [-0.25, -0.2) is 4.79 Å². The van der Waals surface area contributed by atoms with E-state index in [-0.39, 0.29) is 25.6 Å². The second-order valence-corrected chi connectivity index (χ2v) is 6.46. The summed E-state index contributed by atoms with van der Waals surface area (Å²) in [6, 6.07) is 15.8. The fourth-order valence-corrected chi connectivity index (χ4v) is 2.64. The van der Waals surface area contributed by atoms with Crippen molar-refractivity contribution in [1.29, 1.82) is 0 Å². The smallest absolute Gasteiger partial charge is 0.319 e. The maximum Gasteiger partial charge on any atom is 0.319 e. The van der Waals surface area contributed by atoms with Crippen LogP contribution in [0.5, 0.6) is 11.5 Å². The zero-order valence-electron chi connectivity index (χ0n) is 16.3. The number of hydrogen-bond donors (Lipinski definition) is 3. The number of rotatable bonds is 8. The second kappa shape index (κ2) is 10.7. The van der Waals surface area contributed by atoms with Crippen molar-refractivity contribution in [1.82, 2.24) is 10.6 Å². The van der Waals surface area contributed by atoms with Gasteiger partial charge in [-0.05, 0) is 24.3 Å². The highest BCUT2D eigenvalue weighted by molar-refractivity contribution is 5.89. The van der Waals surface area contributed by atoms with Crippen LogP contribution < -0.4 is 25.4 Å². The van der Waals surface area contributed by atoms with E-state index in [0.717, 1.165) is 0 Å². The molecule has 0 spiro atoms. The van der Waals surface area contributed by atoms with Crippen LogP contribution >= 0.6 is 0 Å². The van der Waals surface area contributed by atoms with Crippen molar-refractivity contribution in [2.45, 2.75) is 12.5 Å². The van der Waals surface area contributed by atoms with Gasteiger partial charge in [-0.1, -0.05) is 30.3 Å². The van der Waals surface area contributed by atoms with Gasteiger partial charge in [0.15, 0.2) is 18.1 Å². The van der Waals surface area contributed by atoms with Crippen LogP contribution in [0.4, 0.5) is 10.5 Å². The van der Waals surface area contributed by atoms with Crippen LogP contribution in [0.3, 0.4) is 0 Å². The summed E-state index contributed by atoms with van der Waals surface area (Å²) < 4.78 is 16.2. The van der Waals surface area contributed by atoms with Gasteiger partial charge in [0.25, 0.3) is 5.91 Å². The molecule has 0 aromatic heterocycles. The van der Waals surface area contributed by atoms with Crippen molar-refractivity contribution < 1.29 is 28.6 Å². The van der Waals surface area contributed by atoms with Crippen molar-refractivity contribution in [3.63, 3.8) is 0 Å². The molecule has 2 aromatic carbocycles. The fourth-order valence-electron chi connectivity index (χ4n) is 2.64. The Labute approximate surface area is 173 Å². The zero-order chi connectivity index (χ0) is 21.2. The Morgan fingerprint density at radius 2 is 1.70 bits per heavy atom. The highest BCUT2D eigenvalue weighted by atomic mass is 16.6. The lowest BCUT2D eigenvalue weighted by Crippen LogP contribution is -2.42. The molecule has 0 fully saturated rings. The Kier molecular flexibility index (Phi) is 7.48. The lowest BCUT2D eigenvalue weighted by atomic mass is 10.2. The minimum atomic E-state index is -0.587. The van der Waals surface area contributed by atoms with Gasteiger partial charge in [-0.15, -0.1) is 0 Å². The number of amides is 3. The molecule has 0 aliphatic carbocycles. The minimum absolute atomic E-state index is 0.0498. The van der Waals surface area contributed by atoms with E-state index in [0.29, 0.717) is 23.8 Å². The van der Waals surface area contributed by atoms with Gasteiger partial charge >= 0.3 is 12.0 Å². The number of ether oxygens (including phenoxy) is 3. The number of nitrogens with one attached hydrogen (secondary N) is 3. The molecule has 9 nitrogen and oxygen atoms in total. The van der Waals surface area contributed by atoms with Gasteiger partial charge < -0.3 is 30.2 Å². The van der Waals surface area contributed by atoms with Crippen molar-refractivity contribution in [3.05, 3.63) is 54.6 Å². The van der Waals surface area contributed by atoms with Crippen LogP contribution in [-0.4, -0.2) is 50.3 Å². The van der Waals surface area contributed by atoms with E-state index < -0.39 is 24.5 Å². The van der Waals surface area contributed by atoms with E-state index in [2.05, 4.69) is 16.0 Å². The Hall–Kier alpha value is -3.75. The predicted molar refractivity (Wildman–Crippen MR) is 108 cm³/mol. The lowest BCUT2D eigenvalue weighted by molar-refractivity contribution is -0.148. The number of hydrogen-bond acceptors (Lipinski definition) is 6. The predicted octanol–water partition coefficient (Wildman–Crippen LogP) is 1.70. The van der Waals surface area contributed by atoms with E-state index in [1.165, 1.54) is 0 Å². The number of benzene rings is 2. The molecule has 3 N–H and O–H groups in total. The molecule has 0 bridgehead atoms. The minimum Gasteiger partial charge on any atom is -0.486 e. The van der Waals surface area contributed by atoms with Gasteiger partial charge in [-0.3, -0.25) is 9.59 Å². The summed E-state index contributed by atoms with van der Waals surface area (Å²) in [7, 11) is 0. The molecule has 1 aliphatic heterocycles. The van der Waals surface area contributed by atoms with E-state index >= 15 is 0 Å². The maximum absolute atomic E-state index is 11.9. The summed E-state index contributed by atoms with van der Waals surface area (Å²) in [6.45, 7) is 0.227. The van der Waals surface area contributed by atoms with Crippen molar-refractivity contribution >= 4 is 23.6 Å². The summed E-state index contributed by atoms with van der Waals surface area (Å²) >= 11 is 0. The average molecular weight is 413 g/mol. The first-order valence-corrected chi connectivity index (χ1v) is 9.51. The lowest BCUT2D eigenvalue weighted by Gasteiger charge is -2.26. The molecule has 0 unspecified atom stereocenters. The number of carbonyl (C=O) groups is 3. The molecular weight excluding hydrogens is 390 g/mol. The van der Waals surface area contributed by atoms with Crippen LogP contribution in [0, 0.1) is 0 Å². The standard InChI is InChI=1S/C21H23N3O6/c25-19(23-12-16-13-28-17-8-4-5-9-18(17)30-16)14-29-20(26)10-11-22-21(27)24-15-6-2-1-3-7-15/h1-9,16H,10-14H2,(H,23,25)(H2,22,24,27)/t16-/m0/s1. The van der Waals surface area contributed by atoms with Crippen LogP contribution in [0.2, 0.25) is 0 Å². The topological polar surface area (TPSA) is 115 Å². The average Bonchev–Trinajstić information content (AvgIpc) is 2.77. The molecule has 0 radical (unpaired) electrons. The van der Waals surface area contributed by atoms with Crippen LogP contribution in [0.15, 0.2) is 54.6 Å². The van der Waals surface area contributed by atoms with Crippen LogP contribution in [0.25, 0.3) is 0 Å². The van der Waals surface area contributed by atoms with Crippen LogP contribution in [0.1, 0.15) is 6.42 Å². The molecule has 1 heterocycles. The zero-order valence-corrected chi connectivity index (χ0v) is 16.3. The SMILES string of the molecule is O=C(COC(=O)CCNC(=O)Nc1ccccc1)NC[C@H]1COc2ccccc2O1. The van der Waals surface area contributed by atoms with E-state index in [1.54, 1.807) is 30.3 Å². The number of carbonyl (C=O) groups excluding carboxylic acids is 3. The largest absolute Gasteiger partial charge is 0.486 e. The van der Waals surface area contributed by atoms with Gasteiger partial charge in [0, 0.05) is 12.2 Å². The number of fused-ring (bicyclic) bond motifs is 1. The van der Waals surface area contributed by atoms with Crippen molar-refractivity contribution in [2.24, 2.45) is 0 Å². The summed E-state index contributed by atoms with van der Waals surface area (Å²) in [5.41, 5.74) is 0.644. The first kappa shape index (κ1) is 21.0.